The van der Waals surface area contributed by atoms with Crippen LogP contribution >= 0.6 is 11.6 Å². The lowest BCUT2D eigenvalue weighted by atomic mass is 10.1. The van der Waals surface area contributed by atoms with Crippen LogP contribution in [0, 0.1) is 0 Å². The topological polar surface area (TPSA) is 86.8 Å². The molecule has 0 aliphatic rings. The molecule has 2 aromatic rings. The summed E-state index contributed by atoms with van der Waals surface area (Å²) >= 11 is 6.06. The van der Waals surface area contributed by atoms with E-state index >= 15 is 0 Å². The number of rotatable bonds is 12. The van der Waals surface area contributed by atoms with Crippen molar-refractivity contribution < 1.29 is 18.0 Å². The standard InChI is InChI=1S/C25H34ClN3O4S/c1-5-19(3)27-25(31)23(6-2)28(16-15-20-11-8-7-9-12-20)24(30)18-29(34(4,32)33)22-14-10-13-21(26)17-22/h7-14,17,19,23H,5-6,15-16,18H2,1-4H3,(H,27,31)/t19-,23+/m1/s1. The highest BCUT2D eigenvalue weighted by Crippen LogP contribution is 2.22. The van der Waals surface area contributed by atoms with Gasteiger partial charge in [0.05, 0.1) is 11.9 Å². The first-order chi connectivity index (χ1) is 16.1. The van der Waals surface area contributed by atoms with E-state index in [4.69, 9.17) is 11.6 Å². The van der Waals surface area contributed by atoms with Crippen LogP contribution in [0.2, 0.25) is 5.02 Å². The number of sulfonamides is 1. The van der Waals surface area contributed by atoms with Crippen molar-refractivity contribution in [3.63, 3.8) is 0 Å². The zero-order valence-electron chi connectivity index (χ0n) is 20.2. The van der Waals surface area contributed by atoms with Gasteiger partial charge in [-0.15, -0.1) is 0 Å². The molecule has 0 aromatic heterocycles. The number of hydrogen-bond acceptors (Lipinski definition) is 4. The molecular weight excluding hydrogens is 474 g/mol. The Labute approximate surface area is 208 Å². The molecule has 2 aromatic carbocycles. The number of benzene rings is 2. The van der Waals surface area contributed by atoms with Crippen LogP contribution in [0.3, 0.4) is 0 Å². The van der Waals surface area contributed by atoms with Gasteiger partial charge in [0, 0.05) is 17.6 Å². The van der Waals surface area contributed by atoms with Crippen LogP contribution in [0.15, 0.2) is 54.6 Å². The summed E-state index contributed by atoms with van der Waals surface area (Å²) in [4.78, 5) is 28.1. The molecule has 2 amide bonds. The fourth-order valence-electron chi connectivity index (χ4n) is 3.58. The summed E-state index contributed by atoms with van der Waals surface area (Å²) in [6.07, 6.45) is 2.74. The Bertz CT molecular complexity index is 1060. The smallest absolute Gasteiger partial charge is 0.244 e. The second-order valence-electron chi connectivity index (χ2n) is 8.31. The maximum atomic E-state index is 13.5. The number of carbonyl (C=O) groups excluding carboxylic acids is 2. The summed E-state index contributed by atoms with van der Waals surface area (Å²) in [5.74, 6) is -0.695. The molecule has 0 spiro atoms. The largest absolute Gasteiger partial charge is 0.352 e. The van der Waals surface area contributed by atoms with Gasteiger partial charge < -0.3 is 10.2 Å². The third-order valence-corrected chi connectivity index (χ3v) is 7.02. The van der Waals surface area contributed by atoms with Gasteiger partial charge in [0.1, 0.15) is 12.6 Å². The fraction of sp³-hybridized carbons (Fsp3) is 0.440. The van der Waals surface area contributed by atoms with E-state index in [1.165, 1.54) is 11.0 Å². The minimum atomic E-state index is -3.78. The lowest BCUT2D eigenvalue weighted by Crippen LogP contribution is -2.54. The molecule has 7 nitrogen and oxygen atoms in total. The van der Waals surface area contributed by atoms with E-state index in [0.29, 0.717) is 23.6 Å². The van der Waals surface area contributed by atoms with E-state index in [0.717, 1.165) is 22.5 Å². The van der Waals surface area contributed by atoms with Gasteiger partial charge in [0.2, 0.25) is 21.8 Å². The van der Waals surface area contributed by atoms with E-state index in [-0.39, 0.29) is 18.5 Å². The van der Waals surface area contributed by atoms with Gasteiger partial charge in [-0.1, -0.05) is 61.8 Å². The Morgan fingerprint density at radius 3 is 2.26 bits per heavy atom. The van der Waals surface area contributed by atoms with Gasteiger partial charge in [-0.2, -0.15) is 0 Å². The molecule has 2 rings (SSSR count). The van der Waals surface area contributed by atoms with Crippen LogP contribution < -0.4 is 9.62 Å². The van der Waals surface area contributed by atoms with E-state index in [1.807, 2.05) is 51.1 Å². The molecule has 0 heterocycles. The highest BCUT2D eigenvalue weighted by Gasteiger charge is 2.31. The minimum Gasteiger partial charge on any atom is -0.352 e. The summed E-state index contributed by atoms with van der Waals surface area (Å²) in [5.41, 5.74) is 1.32. The molecule has 2 atom stereocenters. The number of amides is 2. The van der Waals surface area contributed by atoms with E-state index in [9.17, 15) is 18.0 Å². The molecular formula is C25H34ClN3O4S. The Kier molecular flexibility index (Phi) is 10.4. The molecule has 0 saturated heterocycles. The lowest BCUT2D eigenvalue weighted by molar-refractivity contribution is -0.139. The van der Waals surface area contributed by atoms with Crippen LogP contribution in [-0.4, -0.2) is 56.6 Å². The molecule has 9 heteroatoms. The molecule has 1 N–H and O–H groups in total. The first kappa shape index (κ1) is 27.7. The van der Waals surface area contributed by atoms with Gasteiger partial charge >= 0.3 is 0 Å². The first-order valence-electron chi connectivity index (χ1n) is 11.4. The van der Waals surface area contributed by atoms with Crippen LogP contribution in [0.25, 0.3) is 0 Å². The molecule has 0 aliphatic carbocycles. The quantitative estimate of drug-likeness (QED) is 0.472. The maximum Gasteiger partial charge on any atom is 0.244 e. The number of nitrogens with one attached hydrogen (secondary N) is 1. The van der Waals surface area contributed by atoms with Crippen LogP contribution in [0.1, 0.15) is 39.2 Å². The normalized spacial score (nSPS) is 13.1. The molecule has 0 saturated carbocycles. The Morgan fingerprint density at radius 2 is 1.71 bits per heavy atom. The highest BCUT2D eigenvalue weighted by molar-refractivity contribution is 7.92. The van der Waals surface area contributed by atoms with Gasteiger partial charge in [-0.05, 0) is 49.9 Å². The van der Waals surface area contributed by atoms with Gasteiger partial charge in [-0.3, -0.25) is 13.9 Å². The van der Waals surface area contributed by atoms with Crippen molar-refractivity contribution in [2.75, 3.05) is 23.7 Å². The van der Waals surface area contributed by atoms with Crippen LogP contribution in [0.4, 0.5) is 5.69 Å². The van der Waals surface area contributed by atoms with Crippen LogP contribution in [0.5, 0.6) is 0 Å². The number of hydrogen-bond donors (Lipinski definition) is 1. The summed E-state index contributed by atoms with van der Waals surface area (Å²) in [5, 5.41) is 3.31. The third kappa shape index (κ3) is 8.02. The molecule has 186 valence electrons. The number of carbonyl (C=O) groups is 2. The Balaban J connectivity index is 2.36. The van der Waals surface area contributed by atoms with Gasteiger partial charge in [-0.25, -0.2) is 8.42 Å². The van der Waals surface area contributed by atoms with Crippen LogP contribution in [-0.2, 0) is 26.0 Å². The monoisotopic (exact) mass is 507 g/mol. The molecule has 0 unspecified atom stereocenters. The highest BCUT2D eigenvalue weighted by atomic mass is 35.5. The van der Waals surface area contributed by atoms with Crippen molar-refractivity contribution in [2.45, 2.75) is 52.1 Å². The third-order valence-electron chi connectivity index (χ3n) is 5.65. The molecule has 34 heavy (non-hydrogen) atoms. The number of nitrogens with zero attached hydrogens (tertiary/aromatic N) is 2. The Hall–Kier alpha value is -2.58. The zero-order chi connectivity index (χ0) is 25.3. The second kappa shape index (κ2) is 12.8. The summed E-state index contributed by atoms with van der Waals surface area (Å²) in [6, 6.07) is 15.2. The van der Waals surface area contributed by atoms with Gasteiger partial charge in [0.15, 0.2) is 0 Å². The molecule has 0 radical (unpaired) electrons. The average Bonchev–Trinajstić information content (AvgIpc) is 2.79. The Morgan fingerprint density at radius 1 is 1.03 bits per heavy atom. The average molecular weight is 508 g/mol. The van der Waals surface area contributed by atoms with Crippen molar-refractivity contribution in [2.24, 2.45) is 0 Å². The SMILES string of the molecule is CC[C@@H](C)NC(=O)[C@H](CC)N(CCc1ccccc1)C(=O)CN(c1cccc(Cl)c1)S(C)(=O)=O. The number of anilines is 1. The summed E-state index contributed by atoms with van der Waals surface area (Å²) in [6.45, 7) is 5.57. The van der Waals surface area contributed by atoms with Crippen molar-refractivity contribution in [3.05, 3.63) is 65.2 Å². The zero-order valence-corrected chi connectivity index (χ0v) is 21.8. The predicted octanol–water partition coefficient (Wildman–Crippen LogP) is 3.87. The van der Waals surface area contributed by atoms with E-state index < -0.39 is 28.5 Å². The van der Waals surface area contributed by atoms with Crippen molar-refractivity contribution in [1.29, 1.82) is 0 Å². The fourth-order valence-corrected chi connectivity index (χ4v) is 4.61. The molecule has 0 bridgehead atoms. The van der Waals surface area contributed by atoms with Crippen molar-refractivity contribution >= 4 is 39.1 Å². The first-order valence-corrected chi connectivity index (χ1v) is 13.7. The second-order valence-corrected chi connectivity index (χ2v) is 10.7. The van der Waals surface area contributed by atoms with Crippen molar-refractivity contribution in [3.8, 4) is 0 Å². The van der Waals surface area contributed by atoms with Crippen molar-refractivity contribution in [1.82, 2.24) is 10.2 Å². The van der Waals surface area contributed by atoms with Gasteiger partial charge in [0.25, 0.3) is 0 Å². The van der Waals surface area contributed by atoms with E-state index in [2.05, 4.69) is 5.32 Å². The lowest BCUT2D eigenvalue weighted by Gasteiger charge is -2.33. The number of halogens is 1. The summed E-state index contributed by atoms with van der Waals surface area (Å²) in [7, 11) is -3.78. The molecule has 0 fully saturated rings. The van der Waals surface area contributed by atoms with E-state index in [1.54, 1.807) is 18.2 Å². The maximum absolute atomic E-state index is 13.5. The summed E-state index contributed by atoms with van der Waals surface area (Å²) < 4.78 is 26.2. The molecule has 0 aliphatic heterocycles. The minimum absolute atomic E-state index is 0.0356. The predicted molar refractivity (Wildman–Crippen MR) is 137 cm³/mol.